The Bertz CT molecular complexity index is 315. The predicted octanol–water partition coefficient (Wildman–Crippen LogP) is 5.14. The Labute approximate surface area is 114 Å². The van der Waals surface area contributed by atoms with Crippen LogP contribution in [0, 0.1) is 17.3 Å². The van der Waals surface area contributed by atoms with Gasteiger partial charge in [-0.1, -0.05) is 60.2 Å². The minimum Gasteiger partial charge on any atom is -0.0988 e. The fraction of sp³-hybridized carbons (Fsp3) is 0.733. The standard InChI is InChI=1S/C15H23I/c1-11(10-16)13-7-8-14-6-4-5-12(2)15(14,3)9-13/h6,12-13H,1,4-5,7-10H2,2-3H3/t12-,13-,15+/m1/s1. The van der Waals surface area contributed by atoms with Crippen LogP contribution in [-0.2, 0) is 0 Å². The second-order valence-corrected chi connectivity index (χ2v) is 6.62. The molecule has 0 bridgehead atoms. The van der Waals surface area contributed by atoms with E-state index in [1.165, 1.54) is 37.7 Å². The van der Waals surface area contributed by atoms with Crippen LogP contribution in [0.2, 0.25) is 0 Å². The van der Waals surface area contributed by atoms with Gasteiger partial charge in [0.05, 0.1) is 0 Å². The molecular weight excluding hydrogens is 307 g/mol. The van der Waals surface area contributed by atoms with E-state index < -0.39 is 0 Å². The Morgan fingerprint density at radius 1 is 1.56 bits per heavy atom. The van der Waals surface area contributed by atoms with E-state index >= 15 is 0 Å². The Hall–Kier alpha value is 0.210. The third-order valence-corrected chi connectivity index (χ3v) is 5.97. The molecule has 0 aliphatic heterocycles. The molecule has 0 nitrogen and oxygen atoms in total. The highest BCUT2D eigenvalue weighted by Gasteiger charge is 2.41. The molecule has 0 spiro atoms. The van der Waals surface area contributed by atoms with Crippen molar-refractivity contribution in [1.82, 2.24) is 0 Å². The molecule has 0 amide bonds. The monoisotopic (exact) mass is 330 g/mol. The maximum Gasteiger partial charge on any atom is 0.0205 e. The SMILES string of the molecule is C=C(CI)[C@@H]1CCC2=CCC[C@@H](C)[C@]2(C)C1. The van der Waals surface area contributed by atoms with Crippen LogP contribution < -0.4 is 0 Å². The van der Waals surface area contributed by atoms with E-state index in [9.17, 15) is 0 Å². The average Bonchev–Trinajstić information content (AvgIpc) is 2.29. The van der Waals surface area contributed by atoms with Gasteiger partial charge in [0.2, 0.25) is 0 Å². The molecule has 2 aliphatic carbocycles. The molecule has 0 N–H and O–H groups in total. The molecule has 0 aromatic rings. The first-order valence-electron chi connectivity index (χ1n) is 6.51. The van der Waals surface area contributed by atoms with E-state index in [4.69, 9.17) is 0 Å². The van der Waals surface area contributed by atoms with E-state index in [0.717, 1.165) is 16.3 Å². The number of alkyl halides is 1. The average molecular weight is 330 g/mol. The van der Waals surface area contributed by atoms with Gasteiger partial charge in [-0.05, 0) is 49.4 Å². The summed E-state index contributed by atoms with van der Waals surface area (Å²) < 4.78 is 1.13. The smallest absolute Gasteiger partial charge is 0.0205 e. The molecule has 1 heteroatoms. The minimum absolute atomic E-state index is 0.482. The van der Waals surface area contributed by atoms with Crippen LogP contribution >= 0.6 is 22.6 Å². The summed E-state index contributed by atoms with van der Waals surface area (Å²) in [6.45, 7) is 9.21. The van der Waals surface area contributed by atoms with Crippen LogP contribution in [0.15, 0.2) is 23.8 Å². The Morgan fingerprint density at radius 2 is 2.31 bits per heavy atom. The summed E-state index contributed by atoms with van der Waals surface area (Å²) in [5, 5.41) is 0. The second kappa shape index (κ2) is 4.83. The van der Waals surface area contributed by atoms with Crippen molar-refractivity contribution in [1.29, 1.82) is 0 Å². The Balaban J connectivity index is 2.19. The Kier molecular flexibility index (Phi) is 3.82. The predicted molar refractivity (Wildman–Crippen MR) is 80.0 cm³/mol. The summed E-state index contributed by atoms with van der Waals surface area (Å²) in [5.74, 6) is 1.64. The van der Waals surface area contributed by atoms with Crippen molar-refractivity contribution in [2.75, 3.05) is 4.43 Å². The molecule has 2 aliphatic rings. The molecule has 0 aromatic heterocycles. The highest BCUT2D eigenvalue weighted by Crippen LogP contribution is 2.53. The molecule has 90 valence electrons. The zero-order valence-electron chi connectivity index (χ0n) is 10.6. The van der Waals surface area contributed by atoms with Gasteiger partial charge in [0, 0.05) is 4.43 Å². The zero-order valence-corrected chi connectivity index (χ0v) is 12.7. The van der Waals surface area contributed by atoms with Crippen LogP contribution in [0.1, 0.15) is 46.0 Å². The summed E-state index contributed by atoms with van der Waals surface area (Å²) >= 11 is 2.46. The summed E-state index contributed by atoms with van der Waals surface area (Å²) in [6.07, 6.45) is 9.23. The van der Waals surface area contributed by atoms with E-state index in [0.29, 0.717) is 5.41 Å². The van der Waals surface area contributed by atoms with Gasteiger partial charge in [0.15, 0.2) is 0 Å². The molecule has 3 atom stereocenters. The van der Waals surface area contributed by atoms with Gasteiger partial charge in [-0.15, -0.1) is 0 Å². The lowest BCUT2D eigenvalue weighted by atomic mass is 9.58. The number of hydrogen-bond donors (Lipinski definition) is 0. The van der Waals surface area contributed by atoms with Crippen molar-refractivity contribution in [3.05, 3.63) is 23.8 Å². The van der Waals surface area contributed by atoms with Crippen LogP contribution in [0.3, 0.4) is 0 Å². The normalized spacial score (nSPS) is 38.8. The first-order valence-corrected chi connectivity index (χ1v) is 8.03. The van der Waals surface area contributed by atoms with Gasteiger partial charge in [-0.2, -0.15) is 0 Å². The van der Waals surface area contributed by atoms with Crippen molar-refractivity contribution in [2.45, 2.75) is 46.0 Å². The number of allylic oxidation sites excluding steroid dienone is 3. The third kappa shape index (κ3) is 2.12. The third-order valence-electron chi connectivity index (χ3n) is 4.99. The number of rotatable bonds is 2. The first-order chi connectivity index (χ1) is 7.58. The second-order valence-electron chi connectivity index (χ2n) is 5.86. The van der Waals surface area contributed by atoms with Gasteiger partial charge in [-0.25, -0.2) is 0 Å². The van der Waals surface area contributed by atoms with Crippen molar-refractivity contribution < 1.29 is 0 Å². The lowest BCUT2D eigenvalue weighted by Gasteiger charge is -2.47. The van der Waals surface area contributed by atoms with Crippen LogP contribution in [0.5, 0.6) is 0 Å². The van der Waals surface area contributed by atoms with E-state index in [-0.39, 0.29) is 0 Å². The zero-order chi connectivity index (χ0) is 11.8. The summed E-state index contributed by atoms with van der Waals surface area (Å²) in [4.78, 5) is 0. The van der Waals surface area contributed by atoms with Gasteiger partial charge < -0.3 is 0 Å². The van der Waals surface area contributed by atoms with Gasteiger partial charge in [-0.3, -0.25) is 0 Å². The van der Waals surface area contributed by atoms with Crippen molar-refractivity contribution in [3.63, 3.8) is 0 Å². The van der Waals surface area contributed by atoms with Crippen LogP contribution in [0.25, 0.3) is 0 Å². The van der Waals surface area contributed by atoms with Crippen LogP contribution in [-0.4, -0.2) is 4.43 Å². The highest BCUT2D eigenvalue weighted by atomic mass is 127. The fourth-order valence-electron chi connectivity index (χ4n) is 3.50. The van der Waals surface area contributed by atoms with Crippen LogP contribution in [0.4, 0.5) is 0 Å². The number of hydrogen-bond acceptors (Lipinski definition) is 0. The van der Waals surface area contributed by atoms with Gasteiger partial charge >= 0.3 is 0 Å². The topological polar surface area (TPSA) is 0 Å². The lowest BCUT2D eigenvalue weighted by molar-refractivity contribution is 0.151. The van der Waals surface area contributed by atoms with Gasteiger partial charge in [0.1, 0.15) is 0 Å². The number of halogens is 1. The molecule has 1 fully saturated rings. The fourth-order valence-corrected chi connectivity index (χ4v) is 4.12. The largest absolute Gasteiger partial charge is 0.0988 e. The van der Waals surface area contributed by atoms with Crippen molar-refractivity contribution in [2.24, 2.45) is 17.3 Å². The van der Waals surface area contributed by atoms with E-state index in [1.807, 2.05) is 0 Å². The van der Waals surface area contributed by atoms with Gasteiger partial charge in [0.25, 0.3) is 0 Å². The minimum atomic E-state index is 0.482. The summed E-state index contributed by atoms with van der Waals surface area (Å²) in [7, 11) is 0. The highest BCUT2D eigenvalue weighted by molar-refractivity contribution is 14.1. The molecular formula is C15H23I. The van der Waals surface area contributed by atoms with Crippen molar-refractivity contribution >= 4 is 22.6 Å². The molecule has 0 radical (unpaired) electrons. The number of fused-ring (bicyclic) bond motifs is 1. The molecule has 0 unspecified atom stereocenters. The van der Waals surface area contributed by atoms with Crippen molar-refractivity contribution in [3.8, 4) is 0 Å². The maximum absolute atomic E-state index is 4.26. The molecule has 0 heterocycles. The molecule has 1 saturated carbocycles. The summed E-state index contributed by atoms with van der Waals surface area (Å²) in [6, 6.07) is 0. The quantitative estimate of drug-likeness (QED) is 0.374. The molecule has 2 rings (SSSR count). The van der Waals surface area contributed by atoms with E-state index in [1.54, 1.807) is 5.57 Å². The maximum atomic E-state index is 4.26. The molecule has 0 aromatic carbocycles. The lowest BCUT2D eigenvalue weighted by Crippen LogP contribution is -2.36. The molecule has 16 heavy (non-hydrogen) atoms. The summed E-state index contributed by atoms with van der Waals surface area (Å²) in [5.41, 5.74) is 3.71. The Morgan fingerprint density at radius 3 is 3.00 bits per heavy atom. The van der Waals surface area contributed by atoms with E-state index in [2.05, 4.69) is 49.1 Å². The molecule has 0 saturated heterocycles. The first kappa shape index (κ1) is 12.7.